The second kappa shape index (κ2) is 5.60. The standard InChI is InChI=1S/C21H33NO/c1-14(2)22-19-16(4)12-21(7,13-18(19)20(5,6)23-22)17-11-9-8-10-15(17)3/h8-11,14,16,18-19H,12-13H2,1-7H3/t16-,18-,19-,21-/m1/s1. The summed E-state index contributed by atoms with van der Waals surface area (Å²) in [6.07, 6.45) is 2.45. The molecule has 1 saturated carbocycles. The van der Waals surface area contributed by atoms with E-state index in [1.165, 1.54) is 24.0 Å². The first-order chi connectivity index (χ1) is 10.7. The van der Waals surface area contributed by atoms with Crippen molar-refractivity contribution in [2.24, 2.45) is 11.8 Å². The molecule has 2 aliphatic rings. The van der Waals surface area contributed by atoms with Crippen molar-refractivity contribution < 1.29 is 4.84 Å². The van der Waals surface area contributed by atoms with Crippen molar-refractivity contribution >= 4 is 0 Å². The Morgan fingerprint density at radius 2 is 1.78 bits per heavy atom. The molecule has 2 nitrogen and oxygen atoms in total. The normalized spacial score (nSPS) is 37.1. The first kappa shape index (κ1) is 17.0. The summed E-state index contributed by atoms with van der Waals surface area (Å²) in [7, 11) is 0. The Hall–Kier alpha value is -0.860. The lowest BCUT2D eigenvalue weighted by molar-refractivity contribution is -0.215. The van der Waals surface area contributed by atoms with Crippen molar-refractivity contribution in [3.8, 4) is 0 Å². The van der Waals surface area contributed by atoms with Crippen LogP contribution in [0.1, 0.15) is 65.5 Å². The second-order valence-electron chi connectivity index (χ2n) is 9.01. The number of hydroxylamine groups is 2. The van der Waals surface area contributed by atoms with Crippen LogP contribution in [-0.4, -0.2) is 22.7 Å². The third kappa shape index (κ3) is 2.74. The van der Waals surface area contributed by atoms with Crippen molar-refractivity contribution in [3.63, 3.8) is 0 Å². The van der Waals surface area contributed by atoms with E-state index in [1.54, 1.807) is 0 Å². The molecule has 0 aromatic heterocycles. The van der Waals surface area contributed by atoms with Gasteiger partial charge >= 0.3 is 0 Å². The molecular formula is C21H33NO. The van der Waals surface area contributed by atoms with Gasteiger partial charge in [-0.2, -0.15) is 5.06 Å². The van der Waals surface area contributed by atoms with Crippen molar-refractivity contribution in [3.05, 3.63) is 35.4 Å². The molecule has 4 atom stereocenters. The summed E-state index contributed by atoms with van der Waals surface area (Å²) in [5, 5.41) is 2.30. The van der Waals surface area contributed by atoms with Gasteiger partial charge in [0.05, 0.1) is 5.60 Å². The van der Waals surface area contributed by atoms with Crippen molar-refractivity contribution in [2.75, 3.05) is 0 Å². The molecule has 1 aromatic rings. The average Bonchev–Trinajstić information content (AvgIpc) is 2.71. The molecule has 0 bridgehead atoms. The summed E-state index contributed by atoms with van der Waals surface area (Å²) in [5.41, 5.74) is 3.13. The molecule has 3 rings (SSSR count). The van der Waals surface area contributed by atoms with Crippen LogP contribution in [0.15, 0.2) is 24.3 Å². The van der Waals surface area contributed by atoms with Gasteiger partial charge in [-0.3, -0.25) is 4.84 Å². The summed E-state index contributed by atoms with van der Waals surface area (Å²) in [4.78, 5) is 6.42. The fourth-order valence-corrected chi connectivity index (χ4v) is 5.32. The van der Waals surface area contributed by atoms with E-state index in [1.807, 2.05) is 0 Å². The zero-order chi connectivity index (χ0) is 17.0. The van der Waals surface area contributed by atoms with Crippen LogP contribution < -0.4 is 0 Å². The Kier molecular flexibility index (Phi) is 4.13. The van der Waals surface area contributed by atoms with E-state index in [0.717, 1.165) is 0 Å². The molecule has 0 radical (unpaired) electrons. The maximum Gasteiger partial charge on any atom is 0.0888 e. The highest BCUT2D eigenvalue weighted by atomic mass is 16.7. The lowest BCUT2D eigenvalue weighted by Crippen LogP contribution is -2.50. The smallest absolute Gasteiger partial charge is 0.0888 e. The summed E-state index contributed by atoms with van der Waals surface area (Å²) >= 11 is 0. The summed E-state index contributed by atoms with van der Waals surface area (Å²) < 4.78 is 0. The van der Waals surface area contributed by atoms with E-state index < -0.39 is 0 Å². The van der Waals surface area contributed by atoms with Gasteiger partial charge in [0.2, 0.25) is 0 Å². The predicted octanol–water partition coefficient (Wildman–Crippen LogP) is 5.10. The average molecular weight is 316 g/mol. The Labute approximate surface area is 142 Å². The number of benzene rings is 1. The van der Waals surface area contributed by atoms with Crippen LogP contribution in [0.25, 0.3) is 0 Å². The first-order valence-electron chi connectivity index (χ1n) is 9.19. The molecule has 1 aliphatic carbocycles. The highest BCUT2D eigenvalue weighted by Gasteiger charge is 2.57. The number of rotatable bonds is 2. The second-order valence-corrected chi connectivity index (χ2v) is 9.01. The molecule has 2 heteroatoms. The lowest BCUT2D eigenvalue weighted by Gasteiger charge is -2.47. The quantitative estimate of drug-likeness (QED) is 0.752. The predicted molar refractivity (Wildman–Crippen MR) is 96.3 cm³/mol. The summed E-state index contributed by atoms with van der Waals surface area (Å²) in [5.74, 6) is 1.22. The largest absolute Gasteiger partial charge is 0.292 e. The van der Waals surface area contributed by atoms with Crippen molar-refractivity contribution in [2.45, 2.75) is 84.4 Å². The Morgan fingerprint density at radius 1 is 1.13 bits per heavy atom. The van der Waals surface area contributed by atoms with Crippen LogP contribution in [-0.2, 0) is 10.3 Å². The van der Waals surface area contributed by atoms with Gasteiger partial charge in [0.1, 0.15) is 0 Å². The monoisotopic (exact) mass is 315 g/mol. The van der Waals surface area contributed by atoms with Crippen LogP contribution in [0.4, 0.5) is 0 Å². The lowest BCUT2D eigenvalue weighted by atomic mass is 9.58. The molecule has 0 unspecified atom stereocenters. The van der Waals surface area contributed by atoms with Crippen LogP contribution >= 0.6 is 0 Å². The Morgan fingerprint density at radius 3 is 2.39 bits per heavy atom. The number of aryl methyl sites for hydroxylation is 1. The van der Waals surface area contributed by atoms with E-state index in [0.29, 0.717) is 23.9 Å². The minimum absolute atomic E-state index is 0.0758. The molecule has 0 spiro atoms. The summed E-state index contributed by atoms with van der Waals surface area (Å²) in [6, 6.07) is 9.93. The molecule has 0 N–H and O–H groups in total. The number of nitrogens with zero attached hydrogens (tertiary/aromatic N) is 1. The van der Waals surface area contributed by atoms with Crippen LogP contribution in [0, 0.1) is 18.8 Å². The van der Waals surface area contributed by atoms with E-state index >= 15 is 0 Å². The fraction of sp³-hybridized carbons (Fsp3) is 0.714. The minimum Gasteiger partial charge on any atom is -0.292 e. The van der Waals surface area contributed by atoms with Gasteiger partial charge < -0.3 is 0 Å². The molecule has 2 fully saturated rings. The minimum atomic E-state index is -0.0758. The van der Waals surface area contributed by atoms with Gasteiger partial charge in [-0.05, 0) is 69.9 Å². The van der Waals surface area contributed by atoms with Crippen molar-refractivity contribution in [1.29, 1.82) is 0 Å². The van der Waals surface area contributed by atoms with Crippen LogP contribution in [0.2, 0.25) is 0 Å². The molecular weight excluding hydrogens is 282 g/mol. The van der Waals surface area contributed by atoms with E-state index in [4.69, 9.17) is 4.84 Å². The zero-order valence-electron chi connectivity index (χ0n) is 15.9. The molecule has 23 heavy (non-hydrogen) atoms. The third-order valence-corrected chi connectivity index (χ3v) is 6.27. The molecule has 1 heterocycles. The third-order valence-electron chi connectivity index (χ3n) is 6.27. The Bertz CT molecular complexity index is 579. The molecule has 1 aromatic carbocycles. The van der Waals surface area contributed by atoms with Gasteiger partial charge in [-0.15, -0.1) is 0 Å². The van der Waals surface area contributed by atoms with Crippen LogP contribution in [0.5, 0.6) is 0 Å². The highest BCUT2D eigenvalue weighted by Crippen LogP contribution is 2.54. The fourth-order valence-electron chi connectivity index (χ4n) is 5.32. The summed E-state index contributed by atoms with van der Waals surface area (Å²) in [6.45, 7) is 16.2. The topological polar surface area (TPSA) is 12.5 Å². The highest BCUT2D eigenvalue weighted by molar-refractivity contribution is 5.34. The number of hydrogen-bond donors (Lipinski definition) is 0. The van der Waals surface area contributed by atoms with Gasteiger partial charge in [0.15, 0.2) is 0 Å². The van der Waals surface area contributed by atoms with E-state index in [-0.39, 0.29) is 11.0 Å². The molecule has 0 amide bonds. The van der Waals surface area contributed by atoms with Gasteiger partial charge in [0, 0.05) is 18.0 Å². The molecule has 1 saturated heterocycles. The van der Waals surface area contributed by atoms with Gasteiger partial charge in [-0.25, -0.2) is 0 Å². The maximum atomic E-state index is 6.42. The number of hydrogen-bond acceptors (Lipinski definition) is 2. The molecule has 128 valence electrons. The van der Waals surface area contributed by atoms with Crippen molar-refractivity contribution in [1.82, 2.24) is 5.06 Å². The SMILES string of the molecule is Cc1ccccc1[C@]1(C)C[C@@H](C)[C@@H]2[C@@H](C1)C(C)(C)ON2C(C)C. The van der Waals surface area contributed by atoms with E-state index in [2.05, 4.69) is 77.8 Å². The zero-order valence-corrected chi connectivity index (χ0v) is 15.9. The maximum absolute atomic E-state index is 6.42. The van der Waals surface area contributed by atoms with Gasteiger partial charge in [0.25, 0.3) is 0 Å². The van der Waals surface area contributed by atoms with Crippen LogP contribution in [0.3, 0.4) is 0 Å². The first-order valence-corrected chi connectivity index (χ1v) is 9.19. The van der Waals surface area contributed by atoms with E-state index in [9.17, 15) is 0 Å². The van der Waals surface area contributed by atoms with Gasteiger partial charge in [-0.1, -0.05) is 38.1 Å². The molecule has 1 aliphatic heterocycles. The number of fused-ring (bicyclic) bond motifs is 1. The Balaban J connectivity index is 1.98.